The fourth-order valence-electron chi connectivity index (χ4n) is 3.17. The Bertz CT molecular complexity index is 1020. The maximum absolute atomic E-state index is 6.29. The number of fused-ring (bicyclic) bond motifs is 4. The molecule has 23 heavy (non-hydrogen) atoms. The summed E-state index contributed by atoms with van der Waals surface area (Å²) >= 11 is 0. The zero-order valence-corrected chi connectivity index (χ0v) is 12.3. The minimum absolute atomic E-state index is 0.144. The third kappa shape index (κ3) is 1.85. The van der Waals surface area contributed by atoms with Gasteiger partial charge in [0.2, 0.25) is 0 Å². The van der Waals surface area contributed by atoms with Gasteiger partial charge in [0.25, 0.3) is 0 Å². The Labute approximate surface area is 133 Å². The second-order valence-corrected chi connectivity index (χ2v) is 5.60. The number of para-hydroxylation sites is 1. The van der Waals surface area contributed by atoms with Gasteiger partial charge in [0.1, 0.15) is 5.75 Å². The van der Waals surface area contributed by atoms with E-state index >= 15 is 0 Å². The molecule has 110 valence electrons. The van der Waals surface area contributed by atoms with Crippen LogP contribution in [0.15, 0.2) is 73.3 Å². The van der Waals surface area contributed by atoms with Crippen molar-refractivity contribution >= 4 is 10.9 Å². The maximum Gasteiger partial charge on any atom is 0.168 e. The largest absolute Gasteiger partial charge is 0.479 e. The highest BCUT2D eigenvalue weighted by molar-refractivity contribution is 5.79. The highest BCUT2D eigenvalue weighted by atomic mass is 16.5. The van der Waals surface area contributed by atoms with Gasteiger partial charge in [-0.15, -0.1) is 0 Å². The molecule has 0 spiro atoms. The van der Waals surface area contributed by atoms with E-state index in [0.717, 1.165) is 33.6 Å². The lowest BCUT2D eigenvalue weighted by Gasteiger charge is -2.15. The van der Waals surface area contributed by atoms with Crippen LogP contribution in [-0.4, -0.2) is 14.5 Å². The first-order valence-corrected chi connectivity index (χ1v) is 7.53. The van der Waals surface area contributed by atoms with Crippen LogP contribution in [0.4, 0.5) is 0 Å². The second-order valence-electron chi connectivity index (χ2n) is 5.60. The summed E-state index contributed by atoms with van der Waals surface area (Å²) in [7, 11) is 0. The smallest absolute Gasteiger partial charge is 0.168 e. The molecule has 2 aromatic carbocycles. The number of ether oxygens (including phenoxy) is 1. The van der Waals surface area contributed by atoms with Crippen LogP contribution in [0.2, 0.25) is 0 Å². The lowest BCUT2D eigenvalue weighted by atomic mass is 10.1. The van der Waals surface area contributed by atoms with Crippen molar-refractivity contribution in [3.8, 4) is 11.4 Å². The molecular weight excluding hydrogens is 286 g/mol. The summed E-state index contributed by atoms with van der Waals surface area (Å²) in [6.45, 7) is 0. The molecule has 0 amide bonds. The van der Waals surface area contributed by atoms with Gasteiger partial charge >= 0.3 is 0 Å². The maximum atomic E-state index is 6.29. The minimum atomic E-state index is -0.144. The van der Waals surface area contributed by atoms with Crippen molar-refractivity contribution in [1.29, 1.82) is 0 Å². The number of imidazole rings is 1. The molecule has 0 bridgehead atoms. The van der Waals surface area contributed by atoms with E-state index in [2.05, 4.69) is 26.7 Å². The Morgan fingerprint density at radius 2 is 1.96 bits per heavy atom. The van der Waals surface area contributed by atoms with Crippen LogP contribution in [0, 0.1) is 0 Å². The van der Waals surface area contributed by atoms with Crippen LogP contribution in [0.3, 0.4) is 0 Å². The van der Waals surface area contributed by atoms with Crippen molar-refractivity contribution in [1.82, 2.24) is 14.5 Å². The van der Waals surface area contributed by atoms with Gasteiger partial charge in [-0.3, -0.25) is 9.55 Å². The van der Waals surface area contributed by atoms with E-state index in [-0.39, 0.29) is 6.10 Å². The summed E-state index contributed by atoms with van der Waals surface area (Å²) in [5, 5.41) is 1.11. The second kappa shape index (κ2) is 4.68. The quantitative estimate of drug-likeness (QED) is 0.563. The van der Waals surface area contributed by atoms with Crippen LogP contribution in [0.5, 0.6) is 5.75 Å². The molecule has 0 aliphatic carbocycles. The summed E-state index contributed by atoms with van der Waals surface area (Å²) in [5.74, 6) is 0.811. The van der Waals surface area contributed by atoms with Gasteiger partial charge in [-0.25, -0.2) is 4.98 Å². The summed E-state index contributed by atoms with van der Waals surface area (Å²) in [4.78, 5) is 8.65. The molecule has 0 N–H and O–H groups in total. The molecule has 1 aliphatic heterocycles. The normalized spacial score (nSPS) is 15.4. The van der Waals surface area contributed by atoms with E-state index in [1.807, 2.05) is 55.0 Å². The number of hydrogen-bond acceptors (Lipinski definition) is 3. The van der Waals surface area contributed by atoms with Gasteiger partial charge in [-0.1, -0.05) is 24.3 Å². The number of nitrogens with zero attached hydrogens (tertiary/aromatic N) is 3. The monoisotopic (exact) mass is 299 g/mol. The zero-order valence-electron chi connectivity index (χ0n) is 12.3. The predicted octanol–water partition coefficient (Wildman–Crippen LogP) is 3.90. The SMILES string of the molecule is c1ccc2c(c1)C(Oc1ccc3cccnc3c1)c1cncn1-2. The lowest BCUT2D eigenvalue weighted by Crippen LogP contribution is -2.06. The summed E-state index contributed by atoms with van der Waals surface area (Å²) in [6.07, 6.45) is 5.35. The van der Waals surface area contributed by atoms with Crippen LogP contribution in [0.1, 0.15) is 17.4 Å². The fraction of sp³-hybridized carbons (Fsp3) is 0.0526. The number of aromatic nitrogens is 3. The van der Waals surface area contributed by atoms with Crippen LogP contribution >= 0.6 is 0 Å². The van der Waals surface area contributed by atoms with Gasteiger partial charge in [-0.2, -0.15) is 0 Å². The van der Waals surface area contributed by atoms with Gasteiger partial charge < -0.3 is 4.74 Å². The van der Waals surface area contributed by atoms with Gasteiger partial charge in [-0.05, 0) is 24.3 Å². The van der Waals surface area contributed by atoms with Gasteiger partial charge in [0.05, 0.1) is 29.4 Å². The highest BCUT2D eigenvalue weighted by Gasteiger charge is 2.30. The fourth-order valence-corrected chi connectivity index (χ4v) is 3.17. The molecule has 1 unspecified atom stereocenters. The molecule has 0 radical (unpaired) electrons. The van der Waals surface area contributed by atoms with Crippen molar-refractivity contribution in [3.05, 3.63) is 84.6 Å². The molecule has 0 fully saturated rings. The van der Waals surface area contributed by atoms with Crippen LogP contribution < -0.4 is 4.74 Å². The van der Waals surface area contributed by atoms with Crippen LogP contribution in [0.25, 0.3) is 16.6 Å². The number of rotatable bonds is 2. The topological polar surface area (TPSA) is 39.9 Å². The van der Waals surface area contributed by atoms with E-state index in [0.29, 0.717) is 0 Å². The number of pyridine rings is 1. The molecule has 0 saturated heterocycles. The molecule has 4 heteroatoms. The molecular formula is C19H13N3O. The zero-order chi connectivity index (χ0) is 15.2. The first kappa shape index (κ1) is 12.4. The Hall–Kier alpha value is -3.14. The Morgan fingerprint density at radius 3 is 2.96 bits per heavy atom. The minimum Gasteiger partial charge on any atom is -0.479 e. The van der Waals surface area contributed by atoms with E-state index in [9.17, 15) is 0 Å². The molecule has 4 aromatic rings. The van der Waals surface area contributed by atoms with Gasteiger partial charge in [0, 0.05) is 23.2 Å². The molecule has 5 rings (SSSR count). The third-order valence-corrected chi connectivity index (χ3v) is 4.25. The van der Waals surface area contributed by atoms with E-state index < -0.39 is 0 Å². The lowest BCUT2D eigenvalue weighted by molar-refractivity contribution is 0.249. The molecule has 2 aromatic heterocycles. The molecule has 0 saturated carbocycles. The summed E-state index contributed by atoms with van der Waals surface area (Å²) in [5.41, 5.74) is 4.27. The van der Waals surface area contributed by atoms with Crippen molar-refractivity contribution in [2.45, 2.75) is 6.10 Å². The molecule has 1 atom stereocenters. The summed E-state index contributed by atoms with van der Waals surface area (Å²) < 4.78 is 8.38. The standard InChI is InChI=1S/C19H13N3O/c1-2-6-17-15(5-1)19(18-11-20-12-22(17)18)23-14-8-7-13-4-3-9-21-16(13)10-14/h1-12,19H. The van der Waals surface area contributed by atoms with E-state index in [1.54, 1.807) is 6.20 Å². The first-order valence-electron chi connectivity index (χ1n) is 7.53. The molecule has 3 heterocycles. The number of benzene rings is 2. The van der Waals surface area contributed by atoms with Crippen LogP contribution in [-0.2, 0) is 0 Å². The Kier molecular flexibility index (Phi) is 2.52. The third-order valence-electron chi connectivity index (χ3n) is 4.25. The highest BCUT2D eigenvalue weighted by Crippen LogP contribution is 2.39. The van der Waals surface area contributed by atoms with Crippen molar-refractivity contribution < 1.29 is 4.74 Å². The van der Waals surface area contributed by atoms with Gasteiger partial charge in [0.15, 0.2) is 6.10 Å². The predicted molar refractivity (Wildman–Crippen MR) is 87.8 cm³/mol. The first-order chi connectivity index (χ1) is 11.4. The number of hydrogen-bond donors (Lipinski definition) is 0. The summed E-state index contributed by atoms with van der Waals surface area (Å²) in [6, 6.07) is 18.3. The van der Waals surface area contributed by atoms with E-state index in [4.69, 9.17) is 4.74 Å². The molecule has 4 nitrogen and oxygen atoms in total. The van der Waals surface area contributed by atoms with Crippen molar-refractivity contribution in [2.24, 2.45) is 0 Å². The van der Waals surface area contributed by atoms with Crippen molar-refractivity contribution in [3.63, 3.8) is 0 Å². The Balaban J connectivity index is 1.59. The van der Waals surface area contributed by atoms with Crippen molar-refractivity contribution in [2.75, 3.05) is 0 Å². The molecule has 1 aliphatic rings. The average Bonchev–Trinajstić information content (AvgIpc) is 3.18. The Morgan fingerprint density at radius 1 is 1.00 bits per heavy atom. The van der Waals surface area contributed by atoms with E-state index in [1.165, 1.54) is 0 Å². The average molecular weight is 299 g/mol.